The minimum absolute atomic E-state index is 0.214. The molecule has 0 unspecified atom stereocenters. The van der Waals surface area contributed by atoms with Gasteiger partial charge in [0.15, 0.2) is 6.61 Å². The van der Waals surface area contributed by atoms with Crippen LogP contribution < -0.4 is 11.1 Å². The number of nitrogens with one attached hydrogen (secondary N) is 1. The van der Waals surface area contributed by atoms with Crippen LogP contribution in [0.4, 0.5) is 5.00 Å². The van der Waals surface area contributed by atoms with Crippen LogP contribution in [0.25, 0.3) is 0 Å². The van der Waals surface area contributed by atoms with E-state index in [1.165, 1.54) is 6.07 Å². The molecule has 0 atom stereocenters. The molecule has 0 aromatic carbocycles. The largest absolute Gasteiger partial charge is 0.466 e. The number of carbonyl (C=O) groups is 3. The molecule has 0 saturated heterocycles. The second kappa shape index (κ2) is 6.44. The highest BCUT2D eigenvalue weighted by atomic mass is 32.1. The Morgan fingerprint density at radius 1 is 1.32 bits per heavy atom. The van der Waals surface area contributed by atoms with Crippen LogP contribution >= 0.6 is 11.3 Å². The van der Waals surface area contributed by atoms with E-state index in [-0.39, 0.29) is 11.1 Å². The molecule has 2 aromatic rings. The molecule has 3 N–H and O–H groups in total. The molecular formula is C14H14N2O5S. The van der Waals surface area contributed by atoms with Crippen LogP contribution in [0.1, 0.15) is 32.2 Å². The maximum atomic E-state index is 11.8. The number of ether oxygens (including phenoxy) is 1. The van der Waals surface area contributed by atoms with Gasteiger partial charge in [0.25, 0.3) is 11.8 Å². The van der Waals surface area contributed by atoms with Gasteiger partial charge in [-0.3, -0.25) is 9.59 Å². The van der Waals surface area contributed by atoms with Gasteiger partial charge in [-0.1, -0.05) is 0 Å². The lowest BCUT2D eigenvalue weighted by Crippen LogP contribution is -2.22. The van der Waals surface area contributed by atoms with Crippen molar-refractivity contribution in [3.05, 3.63) is 40.2 Å². The zero-order valence-electron chi connectivity index (χ0n) is 12.0. The number of hydrogen-bond acceptors (Lipinski definition) is 6. The molecule has 0 bridgehead atoms. The highest BCUT2D eigenvalue weighted by molar-refractivity contribution is 7.14. The Labute approximate surface area is 130 Å². The Bertz CT molecular complexity index is 731. The standard InChI is InChI=1S/C14H14N2O5S/c1-7-5-10(8(2)21-7)14(19)20-6-11(17)16-13-9(12(15)18)3-4-22-13/h3-5H,6H2,1-2H3,(H2,15,18)(H,16,17). The third-order valence-corrected chi connectivity index (χ3v) is 3.61. The van der Waals surface area contributed by atoms with Gasteiger partial charge in [0.2, 0.25) is 0 Å². The SMILES string of the molecule is Cc1cc(C(=O)OCC(=O)Nc2sccc2C(N)=O)c(C)o1. The van der Waals surface area contributed by atoms with Crippen LogP contribution in [0.2, 0.25) is 0 Å². The Morgan fingerprint density at radius 2 is 2.05 bits per heavy atom. The van der Waals surface area contributed by atoms with Crippen LogP contribution in [-0.2, 0) is 9.53 Å². The van der Waals surface area contributed by atoms with Crippen molar-refractivity contribution in [1.29, 1.82) is 0 Å². The third-order valence-electron chi connectivity index (χ3n) is 2.78. The molecule has 0 radical (unpaired) electrons. The number of carbonyl (C=O) groups excluding carboxylic acids is 3. The number of anilines is 1. The van der Waals surface area contributed by atoms with Gasteiger partial charge in [0.05, 0.1) is 5.56 Å². The summed E-state index contributed by atoms with van der Waals surface area (Å²) in [5.41, 5.74) is 5.66. The Kier molecular flexibility index (Phi) is 4.62. The first-order valence-electron chi connectivity index (χ1n) is 6.29. The molecule has 0 aliphatic heterocycles. The van der Waals surface area contributed by atoms with Crippen molar-refractivity contribution in [2.75, 3.05) is 11.9 Å². The number of primary amides is 1. The highest BCUT2D eigenvalue weighted by Gasteiger charge is 2.17. The van der Waals surface area contributed by atoms with E-state index in [0.717, 1.165) is 11.3 Å². The van der Waals surface area contributed by atoms with Crippen molar-refractivity contribution in [2.24, 2.45) is 5.73 Å². The Balaban J connectivity index is 1.93. The van der Waals surface area contributed by atoms with Crippen molar-refractivity contribution in [3.63, 3.8) is 0 Å². The summed E-state index contributed by atoms with van der Waals surface area (Å²) in [6.45, 7) is 2.87. The molecule has 0 spiro atoms. The maximum Gasteiger partial charge on any atom is 0.342 e. The second-order valence-corrected chi connectivity index (χ2v) is 5.39. The van der Waals surface area contributed by atoms with Crippen molar-refractivity contribution in [3.8, 4) is 0 Å². The van der Waals surface area contributed by atoms with Gasteiger partial charge < -0.3 is 20.2 Å². The second-order valence-electron chi connectivity index (χ2n) is 4.48. The number of amides is 2. The van der Waals surface area contributed by atoms with E-state index >= 15 is 0 Å². The average molecular weight is 322 g/mol. The normalized spacial score (nSPS) is 10.3. The van der Waals surface area contributed by atoms with E-state index in [4.69, 9.17) is 14.9 Å². The van der Waals surface area contributed by atoms with Gasteiger partial charge >= 0.3 is 5.97 Å². The Morgan fingerprint density at radius 3 is 2.64 bits per heavy atom. The fourth-order valence-electron chi connectivity index (χ4n) is 1.81. The summed E-state index contributed by atoms with van der Waals surface area (Å²) >= 11 is 1.15. The zero-order valence-corrected chi connectivity index (χ0v) is 12.8. The van der Waals surface area contributed by atoms with E-state index in [1.54, 1.807) is 25.3 Å². The number of thiophene rings is 1. The molecule has 2 aromatic heterocycles. The van der Waals surface area contributed by atoms with Gasteiger partial charge in [-0.05, 0) is 31.4 Å². The van der Waals surface area contributed by atoms with Crippen LogP contribution in [0.15, 0.2) is 21.9 Å². The molecule has 0 aliphatic rings. The highest BCUT2D eigenvalue weighted by Crippen LogP contribution is 2.22. The smallest absolute Gasteiger partial charge is 0.342 e. The molecule has 0 aliphatic carbocycles. The summed E-state index contributed by atoms with van der Waals surface area (Å²) in [5, 5.41) is 4.42. The fraction of sp³-hybridized carbons (Fsp3) is 0.214. The lowest BCUT2D eigenvalue weighted by molar-refractivity contribution is -0.119. The first-order chi connectivity index (χ1) is 10.4. The quantitative estimate of drug-likeness (QED) is 0.816. The van der Waals surface area contributed by atoms with E-state index in [0.29, 0.717) is 16.5 Å². The van der Waals surface area contributed by atoms with Crippen LogP contribution in [-0.4, -0.2) is 24.4 Å². The van der Waals surface area contributed by atoms with Gasteiger partial charge in [-0.15, -0.1) is 11.3 Å². The third kappa shape index (κ3) is 3.53. The van der Waals surface area contributed by atoms with Crippen molar-refractivity contribution < 1.29 is 23.5 Å². The summed E-state index contributed by atoms with van der Waals surface area (Å²) in [4.78, 5) is 34.7. The van der Waals surface area contributed by atoms with Crippen molar-refractivity contribution in [2.45, 2.75) is 13.8 Å². The lowest BCUT2D eigenvalue weighted by Gasteiger charge is -2.05. The van der Waals surface area contributed by atoms with E-state index in [9.17, 15) is 14.4 Å². The number of furan rings is 1. The van der Waals surface area contributed by atoms with E-state index in [1.807, 2.05) is 0 Å². The lowest BCUT2D eigenvalue weighted by atomic mass is 10.2. The molecule has 22 heavy (non-hydrogen) atoms. The number of rotatable bonds is 5. The van der Waals surface area contributed by atoms with E-state index in [2.05, 4.69) is 5.32 Å². The fourth-order valence-corrected chi connectivity index (χ4v) is 2.61. The van der Waals surface area contributed by atoms with Gasteiger partial charge in [0.1, 0.15) is 22.1 Å². The minimum atomic E-state index is -0.647. The van der Waals surface area contributed by atoms with Crippen molar-refractivity contribution >= 4 is 34.1 Å². The molecule has 2 amide bonds. The molecule has 2 rings (SSSR count). The monoisotopic (exact) mass is 322 g/mol. The van der Waals surface area contributed by atoms with Gasteiger partial charge in [-0.2, -0.15) is 0 Å². The molecular weight excluding hydrogens is 308 g/mol. The minimum Gasteiger partial charge on any atom is -0.466 e. The van der Waals surface area contributed by atoms with E-state index < -0.39 is 24.4 Å². The molecule has 0 saturated carbocycles. The maximum absolute atomic E-state index is 11.8. The number of hydrogen-bond donors (Lipinski definition) is 2. The first-order valence-corrected chi connectivity index (χ1v) is 7.17. The topological polar surface area (TPSA) is 112 Å². The van der Waals surface area contributed by atoms with Gasteiger partial charge in [-0.25, -0.2) is 4.79 Å². The average Bonchev–Trinajstić information content (AvgIpc) is 3.02. The number of aryl methyl sites for hydroxylation is 2. The zero-order chi connectivity index (χ0) is 16.3. The number of nitrogens with two attached hydrogens (primary N) is 1. The van der Waals surface area contributed by atoms with Crippen LogP contribution in [0, 0.1) is 13.8 Å². The summed E-state index contributed by atoms with van der Waals surface area (Å²) in [6, 6.07) is 3.05. The molecule has 8 heteroatoms. The molecule has 7 nitrogen and oxygen atoms in total. The predicted octanol–water partition coefficient (Wildman–Crippen LogP) is 1.85. The van der Waals surface area contributed by atoms with Crippen LogP contribution in [0.5, 0.6) is 0 Å². The summed E-state index contributed by atoms with van der Waals surface area (Å²) in [7, 11) is 0. The van der Waals surface area contributed by atoms with Gasteiger partial charge in [0, 0.05) is 0 Å². The predicted molar refractivity (Wildman–Crippen MR) is 79.9 cm³/mol. The first kappa shape index (κ1) is 15.8. The summed E-state index contributed by atoms with van der Waals surface area (Å²) < 4.78 is 10.1. The molecule has 0 fully saturated rings. The molecule has 2 heterocycles. The van der Waals surface area contributed by atoms with Crippen molar-refractivity contribution in [1.82, 2.24) is 0 Å². The summed E-state index contributed by atoms with van der Waals surface area (Å²) in [5.74, 6) is -0.837. The number of esters is 1. The van der Waals surface area contributed by atoms with Crippen LogP contribution in [0.3, 0.4) is 0 Å². The Hall–Kier alpha value is -2.61. The summed E-state index contributed by atoms with van der Waals surface area (Å²) in [6.07, 6.45) is 0. The molecule has 116 valence electrons.